The fourth-order valence-electron chi connectivity index (χ4n) is 4.62. The SMILES string of the molecule is CC(C)[Si](O[C@H]1CCN2O[C@@H](CO)C[C@H]12)(C(C)C)C(C)C. The lowest BCUT2D eigenvalue weighted by Gasteiger charge is -2.44. The zero-order chi connectivity index (χ0) is 15.8. The number of hydroxylamine groups is 2. The van der Waals surface area contributed by atoms with Crippen LogP contribution >= 0.6 is 0 Å². The number of hydrogen-bond donors (Lipinski definition) is 1. The average Bonchev–Trinajstić information content (AvgIpc) is 2.94. The Bertz CT molecular complexity index is 327. The average molecular weight is 316 g/mol. The molecule has 5 heteroatoms. The van der Waals surface area contributed by atoms with Gasteiger partial charge in [0.25, 0.3) is 0 Å². The standard InChI is InChI=1S/C16H33NO3Si/c1-11(2)21(12(3)4,13(5)6)20-16-7-8-17-15(16)9-14(10-18)19-17/h11-16,18H,7-10H2,1-6H3/t14-,15-,16+/m1/s1. The molecule has 2 aliphatic heterocycles. The quantitative estimate of drug-likeness (QED) is 0.764. The molecule has 0 amide bonds. The van der Waals surface area contributed by atoms with Gasteiger partial charge in [-0.05, 0) is 29.5 Å². The fraction of sp³-hybridized carbons (Fsp3) is 1.00. The highest BCUT2D eigenvalue weighted by atomic mass is 28.4. The minimum Gasteiger partial charge on any atom is -0.411 e. The van der Waals surface area contributed by atoms with Gasteiger partial charge in [-0.3, -0.25) is 4.84 Å². The number of fused-ring (bicyclic) bond motifs is 1. The molecular weight excluding hydrogens is 282 g/mol. The molecule has 0 spiro atoms. The van der Waals surface area contributed by atoms with Crippen LogP contribution in [0.5, 0.6) is 0 Å². The first kappa shape index (κ1) is 17.4. The van der Waals surface area contributed by atoms with Gasteiger partial charge in [-0.25, -0.2) is 0 Å². The summed E-state index contributed by atoms with van der Waals surface area (Å²) in [5.41, 5.74) is 1.84. The lowest BCUT2D eigenvalue weighted by atomic mass is 10.1. The molecule has 0 saturated carbocycles. The maximum absolute atomic E-state index is 9.32. The van der Waals surface area contributed by atoms with Gasteiger partial charge in [0.15, 0.2) is 0 Å². The molecule has 4 nitrogen and oxygen atoms in total. The van der Waals surface area contributed by atoms with E-state index >= 15 is 0 Å². The third-order valence-corrected chi connectivity index (χ3v) is 11.6. The molecule has 2 heterocycles. The predicted molar refractivity (Wildman–Crippen MR) is 87.6 cm³/mol. The molecule has 0 bridgehead atoms. The van der Waals surface area contributed by atoms with Crippen LogP contribution in [0.4, 0.5) is 0 Å². The van der Waals surface area contributed by atoms with E-state index in [1.54, 1.807) is 0 Å². The highest BCUT2D eigenvalue weighted by Crippen LogP contribution is 2.45. The van der Waals surface area contributed by atoms with Crippen molar-refractivity contribution < 1.29 is 14.4 Å². The van der Waals surface area contributed by atoms with E-state index in [9.17, 15) is 5.11 Å². The fourth-order valence-corrected chi connectivity index (χ4v) is 10.2. The minimum absolute atomic E-state index is 0.0328. The number of nitrogens with zero attached hydrogens (tertiary/aromatic N) is 1. The van der Waals surface area contributed by atoms with Crippen molar-refractivity contribution in [3.63, 3.8) is 0 Å². The summed E-state index contributed by atoms with van der Waals surface area (Å²) in [7, 11) is -1.83. The van der Waals surface area contributed by atoms with Gasteiger partial charge in [0.05, 0.1) is 18.8 Å². The summed E-state index contributed by atoms with van der Waals surface area (Å²) < 4.78 is 6.93. The van der Waals surface area contributed by atoms with Crippen molar-refractivity contribution in [2.24, 2.45) is 0 Å². The molecule has 124 valence electrons. The molecule has 2 saturated heterocycles. The largest absolute Gasteiger partial charge is 0.411 e. The van der Waals surface area contributed by atoms with Crippen molar-refractivity contribution in [1.29, 1.82) is 0 Å². The Hall–Kier alpha value is 0.0569. The highest BCUT2D eigenvalue weighted by Gasteiger charge is 2.51. The van der Waals surface area contributed by atoms with Crippen LogP contribution in [0.25, 0.3) is 0 Å². The van der Waals surface area contributed by atoms with Crippen LogP contribution in [0.2, 0.25) is 16.6 Å². The maximum Gasteiger partial charge on any atom is 0.200 e. The summed E-state index contributed by atoms with van der Waals surface area (Å²) >= 11 is 0. The first-order valence-electron chi connectivity index (χ1n) is 8.55. The highest BCUT2D eigenvalue weighted by molar-refractivity contribution is 6.77. The van der Waals surface area contributed by atoms with Crippen LogP contribution in [-0.2, 0) is 9.26 Å². The van der Waals surface area contributed by atoms with Crippen LogP contribution in [-0.4, -0.2) is 49.9 Å². The molecule has 1 N–H and O–H groups in total. The van der Waals surface area contributed by atoms with Gasteiger partial charge in [0.2, 0.25) is 8.32 Å². The second-order valence-electron chi connectivity index (χ2n) is 7.62. The Kier molecular flexibility index (Phi) is 5.53. The molecule has 0 aromatic heterocycles. The van der Waals surface area contributed by atoms with Gasteiger partial charge in [-0.15, -0.1) is 0 Å². The zero-order valence-electron chi connectivity index (χ0n) is 14.5. The summed E-state index contributed by atoms with van der Waals surface area (Å²) in [6.45, 7) is 15.1. The zero-order valence-corrected chi connectivity index (χ0v) is 15.5. The molecule has 2 rings (SSSR count). The normalized spacial score (nSPS) is 30.9. The van der Waals surface area contributed by atoms with E-state index in [2.05, 4.69) is 46.6 Å². The third kappa shape index (κ3) is 3.08. The van der Waals surface area contributed by atoms with Crippen molar-refractivity contribution in [2.75, 3.05) is 13.2 Å². The van der Waals surface area contributed by atoms with Gasteiger partial charge < -0.3 is 9.53 Å². The van der Waals surface area contributed by atoms with Crippen LogP contribution in [0.3, 0.4) is 0 Å². The van der Waals surface area contributed by atoms with E-state index in [4.69, 9.17) is 9.26 Å². The summed E-state index contributed by atoms with van der Waals surface area (Å²) in [5.74, 6) is 0. The number of rotatable bonds is 6. The molecule has 2 fully saturated rings. The van der Waals surface area contributed by atoms with Gasteiger partial charge in [0.1, 0.15) is 6.10 Å². The van der Waals surface area contributed by atoms with E-state index in [1.807, 2.05) is 0 Å². The maximum atomic E-state index is 9.32. The first-order chi connectivity index (χ1) is 9.82. The molecule has 0 aromatic rings. The Labute approximate surface area is 130 Å². The monoisotopic (exact) mass is 315 g/mol. The van der Waals surface area contributed by atoms with Crippen molar-refractivity contribution >= 4 is 8.32 Å². The second-order valence-corrected chi connectivity index (χ2v) is 13.0. The molecule has 0 unspecified atom stereocenters. The van der Waals surface area contributed by atoms with E-state index in [1.165, 1.54) is 0 Å². The number of hydrogen-bond acceptors (Lipinski definition) is 4. The Morgan fingerprint density at radius 3 is 2.19 bits per heavy atom. The van der Waals surface area contributed by atoms with Gasteiger partial charge in [-0.2, -0.15) is 5.06 Å². The van der Waals surface area contributed by atoms with E-state index in [0.717, 1.165) is 19.4 Å². The van der Waals surface area contributed by atoms with Gasteiger partial charge in [0, 0.05) is 6.54 Å². The van der Waals surface area contributed by atoms with E-state index in [-0.39, 0.29) is 18.8 Å². The predicted octanol–water partition coefficient (Wildman–Crippen LogP) is 3.32. The van der Waals surface area contributed by atoms with Crippen molar-refractivity contribution in [3.8, 4) is 0 Å². The number of aliphatic hydroxyl groups excluding tert-OH is 1. The molecule has 2 aliphatic rings. The lowest BCUT2D eigenvalue weighted by molar-refractivity contribution is -0.159. The molecular formula is C16H33NO3Si. The summed E-state index contributed by atoms with van der Waals surface area (Å²) in [6, 6.07) is 0.338. The minimum atomic E-state index is -1.83. The molecule has 3 atom stereocenters. The van der Waals surface area contributed by atoms with Crippen molar-refractivity contribution in [3.05, 3.63) is 0 Å². The Morgan fingerprint density at radius 1 is 1.14 bits per heavy atom. The Balaban J connectivity index is 2.14. The third-order valence-electron chi connectivity index (χ3n) is 5.49. The molecule has 0 aliphatic carbocycles. The first-order valence-corrected chi connectivity index (χ1v) is 10.7. The van der Waals surface area contributed by atoms with E-state index in [0.29, 0.717) is 22.7 Å². The van der Waals surface area contributed by atoms with Crippen LogP contribution in [0.1, 0.15) is 54.4 Å². The van der Waals surface area contributed by atoms with Crippen LogP contribution < -0.4 is 0 Å². The Morgan fingerprint density at radius 2 is 1.71 bits per heavy atom. The summed E-state index contributed by atoms with van der Waals surface area (Å²) in [5, 5.41) is 11.4. The summed E-state index contributed by atoms with van der Waals surface area (Å²) in [4.78, 5) is 5.78. The van der Waals surface area contributed by atoms with Crippen molar-refractivity contribution in [1.82, 2.24) is 5.06 Å². The van der Waals surface area contributed by atoms with Crippen LogP contribution in [0, 0.1) is 0 Å². The van der Waals surface area contributed by atoms with Gasteiger partial charge >= 0.3 is 0 Å². The number of aliphatic hydroxyl groups is 1. The second kappa shape index (κ2) is 6.67. The van der Waals surface area contributed by atoms with E-state index < -0.39 is 8.32 Å². The van der Waals surface area contributed by atoms with Crippen LogP contribution in [0.15, 0.2) is 0 Å². The smallest absolute Gasteiger partial charge is 0.200 e. The van der Waals surface area contributed by atoms with Gasteiger partial charge in [-0.1, -0.05) is 41.5 Å². The molecule has 0 aromatic carbocycles. The molecule has 21 heavy (non-hydrogen) atoms. The summed E-state index contributed by atoms with van der Waals surface area (Å²) in [6.07, 6.45) is 2.21. The molecule has 0 radical (unpaired) electrons. The topological polar surface area (TPSA) is 41.9 Å². The lowest BCUT2D eigenvalue weighted by Crippen LogP contribution is -2.52. The van der Waals surface area contributed by atoms with Crippen molar-refractivity contribution in [2.45, 2.75) is 89.3 Å².